The number of amides is 6. The second-order valence-electron chi connectivity index (χ2n) is 21.1. The number of carbonyl (C=O) groups is 8. The van der Waals surface area contributed by atoms with E-state index in [4.69, 9.17) is 35.4 Å². The lowest BCUT2D eigenvalue weighted by Crippen LogP contribution is -2.39. The van der Waals surface area contributed by atoms with Gasteiger partial charge in [0, 0.05) is 71.4 Å². The highest BCUT2D eigenvalue weighted by molar-refractivity contribution is 7.15. The van der Waals surface area contributed by atoms with E-state index < -0.39 is 71.9 Å². The number of benzene rings is 1. The highest BCUT2D eigenvalue weighted by Crippen LogP contribution is 2.40. The van der Waals surface area contributed by atoms with E-state index in [9.17, 15) is 48.6 Å². The van der Waals surface area contributed by atoms with Crippen LogP contribution in [0.2, 0.25) is 0 Å². The van der Waals surface area contributed by atoms with Crippen LogP contribution in [0, 0.1) is 24.7 Å². The first-order chi connectivity index (χ1) is 42.8. The van der Waals surface area contributed by atoms with Gasteiger partial charge in [-0.2, -0.15) is 0 Å². The molecule has 2 atom stereocenters. The highest BCUT2D eigenvalue weighted by Gasteiger charge is 2.35. The number of nitrogens with zero attached hydrogens (tertiary/aromatic N) is 8. The Bertz CT molecular complexity index is 3880. The minimum absolute atomic E-state index is 0.0186. The summed E-state index contributed by atoms with van der Waals surface area (Å²) in [5, 5.41) is 40.4. The Morgan fingerprint density at radius 3 is 2.13 bits per heavy atom. The summed E-state index contributed by atoms with van der Waals surface area (Å²) in [5.74, 6) is -6.00. The van der Waals surface area contributed by atoms with Crippen LogP contribution >= 0.6 is 68.0 Å². The molecule has 24 nitrogen and oxygen atoms in total. The number of carboxylic acids is 2. The van der Waals surface area contributed by atoms with Crippen LogP contribution in [0.1, 0.15) is 133 Å². The first-order valence-electron chi connectivity index (χ1n) is 28.2. The first-order valence-corrected chi connectivity index (χ1v) is 33.4. The Morgan fingerprint density at radius 2 is 1.43 bits per heavy atom. The van der Waals surface area contributed by atoms with Gasteiger partial charge in [0.05, 0.1) is 53.2 Å². The van der Waals surface area contributed by atoms with Crippen LogP contribution in [-0.2, 0) is 48.2 Å². The van der Waals surface area contributed by atoms with Gasteiger partial charge in [-0.3, -0.25) is 43.3 Å². The van der Waals surface area contributed by atoms with Crippen molar-refractivity contribution in [1.82, 2.24) is 56.2 Å². The minimum atomic E-state index is -1.01. The molecule has 1 aliphatic carbocycles. The van der Waals surface area contributed by atoms with Crippen molar-refractivity contribution in [2.24, 2.45) is 23.5 Å². The molecule has 6 amide bonds. The van der Waals surface area contributed by atoms with Gasteiger partial charge in [0.15, 0.2) is 0 Å². The lowest BCUT2D eigenvalue weighted by atomic mass is 9.81. The molecular formula is C59H63N13O11S6. The summed E-state index contributed by atoms with van der Waals surface area (Å²) in [7, 11) is 2.93. The van der Waals surface area contributed by atoms with Crippen LogP contribution in [0.25, 0.3) is 43.4 Å². The molecule has 89 heavy (non-hydrogen) atoms. The molecule has 7 heterocycles. The smallest absolute Gasteiger partial charge is 0.306 e. The van der Waals surface area contributed by atoms with Gasteiger partial charge in [-0.15, -0.1) is 68.0 Å². The Labute approximate surface area is 534 Å². The SMILES string of the molecule is CNC(=O)C[C@H](NC(=O)c1csc(-c2ccc(-c3nc(N(CCCC(=O)O)C(=O)[C@H]4CC[C@H](C(=O)O)CC4)cs3)nc2-c2csc(-c3csc(CCc4ccccc4)n3)n2)n1)c1nc(C(=O)NC(c2nc(C(=O)NCC(N)=O)c(COC)s2)C(C)C)c(C)s1. The number of aliphatic carboxylic acids is 2. The molecule has 0 saturated heterocycles. The number of primary amides is 1. The van der Waals surface area contributed by atoms with Crippen molar-refractivity contribution < 1.29 is 53.3 Å². The summed E-state index contributed by atoms with van der Waals surface area (Å²) in [6.45, 7) is 5.17. The number of rotatable bonds is 28. The molecule has 0 spiro atoms. The van der Waals surface area contributed by atoms with Crippen LogP contribution in [0.5, 0.6) is 0 Å². The molecule has 0 radical (unpaired) electrons. The average molecular weight is 1320 g/mol. The van der Waals surface area contributed by atoms with Gasteiger partial charge in [-0.1, -0.05) is 44.2 Å². The predicted molar refractivity (Wildman–Crippen MR) is 340 cm³/mol. The van der Waals surface area contributed by atoms with Crippen molar-refractivity contribution in [3.63, 3.8) is 0 Å². The zero-order chi connectivity index (χ0) is 63.5. The molecule has 8 N–H and O–H groups in total. The Balaban J connectivity index is 0.990. The van der Waals surface area contributed by atoms with Crippen molar-refractivity contribution in [2.45, 2.75) is 97.2 Å². The lowest BCUT2D eigenvalue weighted by Gasteiger charge is -2.30. The lowest BCUT2D eigenvalue weighted by molar-refractivity contribution is -0.144. The summed E-state index contributed by atoms with van der Waals surface area (Å²) in [5.41, 5.74) is 9.11. The Kier molecular flexibility index (Phi) is 22.0. The molecular weight excluding hydrogens is 1260 g/mol. The minimum Gasteiger partial charge on any atom is -0.481 e. The fourth-order valence-electron chi connectivity index (χ4n) is 9.79. The van der Waals surface area contributed by atoms with Crippen molar-refractivity contribution >= 4 is 121 Å². The number of nitrogens with one attached hydrogen (secondary N) is 4. The van der Waals surface area contributed by atoms with Crippen molar-refractivity contribution in [1.29, 1.82) is 0 Å². The molecule has 7 aromatic heterocycles. The third kappa shape index (κ3) is 16.4. The number of hydrogen-bond acceptors (Lipinski definition) is 22. The second-order valence-corrected chi connectivity index (χ2v) is 27.0. The first kappa shape index (κ1) is 65.3. The van der Waals surface area contributed by atoms with Gasteiger partial charge in [0.2, 0.25) is 17.7 Å². The number of anilines is 1. The van der Waals surface area contributed by atoms with Gasteiger partial charge in [-0.25, -0.2) is 34.9 Å². The number of carboxylic acid groups (broad SMARTS) is 2. The van der Waals surface area contributed by atoms with E-state index in [1.54, 1.807) is 41.2 Å². The number of pyridine rings is 1. The molecule has 466 valence electrons. The summed E-state index contributed by atoms with van der Waals surface area (Å²) < 4.78 is 5.32. The molecule has 0 aliphatic heterocycles. The largest absolute Gasteiger partial charge is 0.481 e. The summed E-state index contributed by atoms with van der Waals surface area (Å²) in [6, 6.07) is 12.0. The highest BCUT2D eigenvalue weighted by atomic mass is 32.1. The molecule has 0 bridgehead atoms. The second kappa shape index (κ2) is 29.9. The van der Waals surface area contributed by atoms with Gasteiger partial charge < -0.3 is 42.0 Å². The average Bonchev–Trinajstić information content (AvgIpc) is 2.47. The van der Waals surface area contributed by atoms with Crippen molar-refractivity contribution in [3.05, 3.63) is 111 Å². The maximum atomic E-state index is 14.4. The van der Waals surface area contributed by atoms with E-state index in [0.29, 0.717) is 89.6 Å². The molecule has 9 rings (SSSR count). The van der Waals surface area contributed by atoms with E-state index in [1.807, 2.05) is 42.8 Å². The molecule has 1 aromatic carbocycles. The topological polar surface area (TPSA) is 354 Å². The number of aromatic nitrogens is 7. The number of thiazole rings is 6. The standard InChI is InChI=1S/C59H63N13O11S6/c1-29(2)46(57-71-49(40(89-57)24-83-5)51(78)62-23-41(60)73)69-52(79)47-30(3)88-56(70-47)36(22-43(74)61-4)65-50(77)38-26-85-53(67-38)34-18-19-35(64-48(34)37-25-86-55(66-37)39-27-84-44(63-39)20-13-31-10-7-6-8-11-31)54-68-42(28-87-54)72(21-9-12-45(75)76)58(80)32-14-16-33(17-15-32)59(81)82/h6-8,10-11,18-19,25-29,32-33,36,46H,9,12-17,20-24H2,1-5H3,(H2,60,73)(H,61,74)(H,62,78)(H,65,77)(H,69,79)(H,75,76)(H,81,82)/t32-,33-,36-,46?/m0/s1. The molecule has 30 heteroatoms. The fraction of sp³-hybridized carbons (Fsp3) is 0.373. The Morgan fingerprint density at radius 1 is 0.719 bits per heavy atom. The number of hydrogen-bond donors (Lipinski definition) is 7. The third-order valence-corrected chi connectivity index (χ3v) is 20.1. The molecule has 1 fully saturated rings. The zero-order valence-corrected chi connectivity index (χ0v) is 53.8. The van der Waals surface area contributed by atoms with Crippen LogP contribution in [-0.4, -0.2) is 120 Å². The summed E-state index contributed by atoms with van der Waals surface area (Å²) in [6.07, 6.45) is 2.81. The number of methoxy groups -OCH3 is 1. The van der Waals surface area contributed by atoms with Crippen molar-refractivity contribution in [2.75, 3.05) is 32.1 Å². The number of ether oxygens (including phenoxy) is 1. The van der Waals surface area contributed by atoms with Crippen LogP contribution in [0.15, 0.2) is 64.0 Å². The monoisotopic (exact) mass is 1320 g/mol. The van der Waals surface area contributed by atoms with Crippen LogP contribution < -0.4 is 31.9 Å². The number of carbonyl (C=O) groups excluding carboxylic acids is 6. The molecule has 1 aliphatic rings. The van der Waals surface area contributed by atoms with E-state index in [1.165, 1.54) is 70.0 Å². The summed E-state index contributed by atoms with van der Waals surface area (Å²) in [4.78, 5) is 140. The normalized spacial score (nSPS) is 14.6. The van der Waals surface area contributed by atoms with E-state index in [2.05, 4.69) is 43.4 Å². The van der Waals surface area contributed by atoms with Crippen LogP contribution in [0.3, 0.4) is 0 Å². The molecule has 1 unspecified atom stereocenters. The van der Waals surface area contributed by atoms with E-state index in [0.717, 1.165) is 29.2 Å². The maximum absolute atomic E-state index is 14.4. The molecule has 1 saturated carbocycles. The zero-order valence-electron chi connectivity index (χ0n) is 48.9. The van der Waals surface area contributed by atoms with Gasteiger partial charge in [0.25, 0.3) is 17.7 Å². The quantitative estimate of drug-likeness (QED) is 0.0241. The third-order valence-electron chi connectivity index (χ3n) is 14.4. The van der Waals surface area contributed by atoms with E-state index >= 15 is 0 Å². The number of aryl methyl sites for hydroxylation is 3. The van der Waals surface area contributed by atoms with Gasteiger partial charge in [0.1, 0.15) is 65.0 Å². The van der Waals surface area contributed by atoms with Gasteiger partial charge >= 0.3 is 11.9 Å². The molecule has 8 aromatic rings. The van der Waals surface area contributed by atoms with Crippen molar-refractivity contribution in [3.8, 4) is 43.4 Å². The Hall–Kier alpha value is -8.13. The maximum Gasteiger partial charge on any atom is 0.306 e. The summed E-state index contributed by atoms with van der Waals surface area (Å²) >= 11 is 7.66. The predicted octanol–water partition coefficient (Wildman–Crippen LogP) is 8.77. The van der Waals surface area contributed by atoms with Crippen LogP contribution in [0.4, 0.5) is 5.82 Å². The van der Waals surface area contributed by atoms with Gasteiger partial charge in [-0.05, 0) is 69.1 Å². The van der Waals surface area contributed by atoms with E-state index in [-0.39, 0.29) is 66.3 Å². The fourth-order valence-corrected chi connectivity index (χ4v) is 15.2. The number of nitrogens with two attached hydrogens (primary N) is 1.